The second-order valence-electron chi connectivity index (χ2n) is 3.72. The third kappa shape index (κ3) is 5.55. The number of unbranched alkanes of at least 4 members (excludes halogenated alkanes) is 1. The monoisotopic (exact) mass is 316 g/mol. The predicted molar refractivity (Wildman–Crippen MR) is 77.4 cm³/mol. The van der Waals surface area contributed by atoms with Gasteiger partial charge < -0.3 is 5.32 Å². The molecule has 1 heterocycles. The maximum atomic E-state index is 11.8. The molecule has 0 aromatic carbocycles. The SMILES string of the molecule is CCCCSC(C)C(=O)Nc1ccc(Br)cn1. The number of pyridine rings is 1. The fourth-order valence-electron chi connectivity index (χ4n) is 1.16. The van der Waals surface area contributed by atoms with E-state index in [-0.39, 0.29) is 11.2 Å². The van der Waals surface area contributed by atoms with Gasteiger partial charge in [-0.05, 0) is 47.2 Å². The van der Waals surface area contributed by atoms with Gasteiger partial charge in [0.15, 0.2) is 0 Å². The third-order valence-electron chi connectivity index (χ3n) is 2.21. The summed E-state index contributed by atoms with van der Waals surface area (Å²) in [5.41, 5.74) is 0. The predicted octanol–water partition coefficient (Wildman–Crippen LogP) is 3.70. The molecular weight excluding hydrogens is 300 g/mol. The zero-order valence-corrected chi connectivity index (χ0v) is 12.5. The van der Waals surface area contributed by atoms with Gasteiger partial charge in [0.05, 0.1) is 5.25 Å². The van der Waals surface area contributed by atoms with Gasteiger partial charge in [-0.25, -0.2) is 4.98 Å². The van der Waals surface area contributed by atoms with Crippen molar-refractivity contribution in [3.05, 3.63) is 22.8 Å². The van der Waals surface area contributed by atoms with Crippen molar-refractivity contribution in [2.75, 3.05) is 11.1 Å². The molecule has 17 heavy (non-hydrogen) atoms. The zero-order chi connectivity index (χ0) is 12.7. The van der Waals surface area contributed by atoms with Gasteiger partial charge in [-0.2, -0.15) is 0 Å². The summed E-state index contributed by atoms with van der Waals surface area (Å²) in [6, 6.07) is 3.64. The molecule has 0 bridgehead atoms. The fraction of sp³-hybridized carbons (Fsp3) is 0.500. The fourth-order valence-corrected chi connectivity index (χ4v) is 2.41. The Bertz CT molecular complexity index is 356. The van der Waals surface area contributed by atoms with Crippen LogP contribution in [-0.4, -0.2) is 21.9 Å². The first-order chi connectivity index (χ1) is 8.13. The highest BCUT2D eigenvalue weighted by Crippen LogP contribution is 2.15. The van der Waals surface area contributed by atoms with E-state index in [9.17, 15) is 4.79 Å². The van der Waals surface area contributed by atoms with Crippen molar-refractivity contribution < 1.29 is 4.79 Å². The molecule has 0 fully saturated rings. The number of amides is 1. The van der Waals surface area contributed by atoms with Crippen molar-refractivity contribution in [2.45, 2.75) is 31.9 Å². The van der Waals surface area contributed by atoms with Crippen LogP contribution in [0.1, 0.15) is 26.7 Å². The molecule has 94 valence electrons. The summed E-state index contributed by atoms with van der Waals surface area (Å²) in [7, 11) is 0. The number of aromatic nitrogens is 1. The molecule has 1 rings (SSSR count). The minimum atomic E-state index is -0.0352. The van der Waals surface area contributed by atoms with E-state index < -0.39 is 0 Å². The zero-order valence-electron chi connectivity index (χ0n) is 10.1. The molecule has 0 radical (unpaired) electrons. The van der Waals surface area contributed by atoms with Gasteiger partial charge in [0.1, 0.15) is 5.82 Å². The van der Waals surface area contributed by atoms with Crippen LogP contribution in [0.15, 0.2) is 22.8 Å². The van der Waals surface area contributed by atoms with E-state index in [2.05, 4.69) is 33.2 Å². The van der Waals surface area contributed by atoms with Crippen molar-refractivity contribution in [3.63, 3.8) is 0 Å². The lowest BCUT2D eigenvalue weighted by molar-refractivity contribution is -0.115. The van der Waals surface area contributed by atoms with E-state index in [1.165, 1.54) is 0 Å². The Kier molecular flexibility index (Phi) is 6.58. The van der Waals surface area contributed by atoms with Gasteiger partial charge in [-0.1, -0.05) is 13.3 Å². The Morgan fingerprint density at radius 3 is 2.94 bits per heavy atom. The standard InChI is InChI=1S/C12H17BrN2OS/c1-3-4-7-17-9(2)12(16)15-11-6-5-10(13)8-14-11/h5-6,8-9H,3-4,7H2,1-2H3,(H,14,15,16). The molecule has 1 amide bonds. The molecule has 0 spiro atoms. The summed E-state index contributed by atoms with van der Waals surface area (Å²) in [6.07, 6.45) is 3.99. The molecule has 0 saturated heterocycles. The first-order valence-corrected chi connectivity index (χ1v) is 7.51. The Balaban J connectivity index is 2.40. The Morgan fingerprint density at radius 2 is 2.35 bits per heavy atom. The topological polar surface area (TPSA) is 42.0 Å². The summed E-state index contributed by atoms with van der Waals surface area (Å²) in [5.74, 6) is 1.64. The average molecular weight is 317 g/mol. The molecule has 1 aromatic heterocycles. The summed E-state index contributed by atoms with van der Waals surface area (Å²) in [4.78, 5) is 15.9. The molecule has 1 N–H and O–H groups in total. The van der Waals surface area contributed by atoms with Crippen molar-refractivity contribution in [1.29, 1.82) is 0 Å². The van der Waals surface area contributed by atoms with Crippen LogP contribution in [0, 0.1) is 0 Å². The molecule has 1 atom stereocenters. The number of nitrogens with one attached hydrogen (secondary N) is 1. The summed E-state index contributed by atoms with van der Waals surface area (Å²) in [5, 5.41) is 2.77. The van der Waals surface area contributed by atoms with E-state index in [0.717, 1.165) is 23.1 Å². The second-order valence-corrected chi connectivity index (χ2v) is 6.08. The minimum Gasteiger partial charge on any atom is -0.310 e. The summed E-state index contributed by atoms with van der Waals surface area (Å²) in [6.45, 7) is 4.07. The number of hydrogen-bond donors (Lipinski definition) is 1. The van der Waals surface area contributed by atoms with E-state index in [4.69, 9.17) is 0 Å². The number of carbonyl (C=O) groups excluding carboxylic acids is 1. The molecular formula is C12H17BrN2OS. The van der Waals surface area contributed by atoms with Crippen LogP contribution in [0.5, 0.6) is 0 Å². The molecule has 0 aliphatic heterocycles. The molecule has 1 unspecified atom stereocenters. The van der Waals surface area contributed by atoms with Crippen LogP contribution < -0.4 is 5.32 Å². The van der Waals surface area contributed by atoms with E-state index >= 15 is 0 Å². The smallest absolute Gasteiger partial charge is 0.238 e. The first-order valence-electron chi connectivity index (χ1n) is 5.67. The third-order valence-corrected chi connectivity index (χ3v) is 3.92. The number of rotatable bonds is 6. The Morgan fingerprint density at radius 1 is 1.59 bits per heavy atom. The lowest BCUT2D eigenvalue weighted by Gasteiger charge is -2.11. The van der Waals surface area contributed by atoms with Crippen LogP contribution in [0.4, 0.5) is 5.82 Å². The maximum absolute atomic E-state index is 11.8. The maximum Gasteiger partial charge on any atom is 0.238 e. The first kappa shape index (κ1) is 14.5. The largest absolute Gasteiger partial charge is 0.310 e. The lowest BCUT2D eigenvalue weighted by atomic mass is 10.4. The van der Waals surface area contributed by atoms with Crippen LogP contribution in [0.2, 0.25) is 0 Å². The van der Waals surface area contributed by atoms with Crippen molar-refractivity contribution in [2.24, 2.45) is 0 Å². The van der Waals surface area contributed by atoms with Crippen LogP contribution in [-0.2, 0) is 4.79 Å². The van der Waals surface area contributed by atoms with Gasteiger partial charge in [0.25, 0.3) is 0 Å². The van der Waals surface area contributed by atoms with Gasteiger partial charge >= 0.3 is 0 Å². The molecule has 0 aliphatic rings. The minimum absolute atomic E-state index is 0.0147. The Hall–Kier alpha value is -0.550. The molecule has 1 aromatic rings. The van der Waals surface area contributed by atoms with Crippen molar-refractivity contribution >= 4 is 39.4 Å². The van der Waals surface area contributed by atoms with Crippen molar-refractivity contribution in [1.82, 2.24) is 4.98 Å². The van der Waals surface area contributed by atoms with Crippen LogP contribution in [0.25, 0.3) is 0 Å². The number of carbonyl (C=O) groups is 1. The normalized spacial score (nSPS) is 12.2. The number of hydrogen-bond acceptors (Lipinski definition) is 3. The van der Waals surface area contributed by atoms with Crippen molar-refractivity contribution in [3.8, 4) is 0 Å². The molecule has 3 nitrogen and oxygen atoms in total. The summed E-state index contributed by atoms with van der Waals surface area (Å²) < 4.78 is 0.904. The highest BCUT2D eigenvalue weighted by atomic mass is 79.9. The van der Waals surface area contributed by atoms with E-state index in [1.54, 1.807) is 24.0 Å². The molecule has 0 saturated carbocycles. The summed E-state index contributed by atoms with van der Waals surface area (Å²) >= 11 is 4.99. The van der Waals surface area contributed by atoms with Gasteiger partial charge in [0, 0.05) is 10.7 Å². The highest BCUT2D eigenvalue weighted by Gasteiger charge is 2.13. The average Bonchev–Trinajstić information content (AvgIpc) is 2.32. The van der Waals surface area contributed by atoms with Crippen LogP contribution >= 0.6 is 27.7 Å². The number of thioether (sulfide) groups is 1. The number of halogens is 1. The van der Waals surface area contributed by atoms with Gasteiger partial charge in [0.2, 0.25) is 5.91 Å². The lowest BCUT2D eigenvalue weighted by Crippen LogP contribution is -2.23. The number of nitrogens with zero attached hydrogens (tertiary/aromatic N) is 1. The van der Waals surface area contributed by atoms with E-state index in [0.29, 0.717) is 5.82 Å². The highest BCUT2D eigenvalue weighted by molar-refractivity contribution is 9.10. The quantitative estimate of drug-likeness (QED) is 0.813. The number of anilines is 1. The Labute approximate surface area is 115 Å². The van der Waals surface area contributed by atoms with Crippen LogP contribution in [0.3, 0.4) is 0 Å². The second kappa shape index (κ2) is 7.71. The molecule has 0 aliphatic carbocycles. The van der Waals surface area contributed by atoms with E-state index in [1.807, 2.05) is 13.0 Å². The van der Waals surface area contributed by atoms with Gasteiger partial charge in [-0.3, -0.25) is 4.79 Å². The van der Waals surface area contributed by atoms with Gasteiger partial charge in [-0.15, -0.1) is 11.8 Å². The molecule has 5 heteroatoms.